The van der Waals surface area contributed by atoms with Gasteiger partial charge in [0.15, 0.2) is 0 Å². The first-order valence-corrected chi connectivity index (χ1v) is 30.1. The smallest absolute Gasteiger partial charge is 0.0272 e. The molecular weight excluding hydrogens is 893 g/mol. The molecule has 0 radical (unpaired) electrons. The van der Waals surface area contributed by atoms with E-state index in [9.17, 15) is 0 Å². The predicted octanol–water partition coefficient (Wildman–Crippen LogP) is 2.54. The van der Waals surface area contributed by atoms with Crippen molar-refractivity contribution in [2.75, 3.05) is 236 Å². The molecule has 14 rings (SSSR count). The summed E-state index contributed by atoms with van der Waals surface area (Å²) in [5.41, 5.74) is 0. The molecule has 0 aromatic carbocycles. The Morgan fingerprint density at radius 2 is 0.472 bits per heavy atom. The van der Waals surface area contributed by atoms with E-state index in [0.29, 0.717) is 0 Å². The molecule has 0 aromatic heterocycles. The molecule has 12 atom stereocenters. The molecule has 0 aliphatic carbocycles. The van der Waals surface area contributed by atoms with Crippen molar-refractivity contribution in [2.45, 2.75) is 100 Å². The minimum Gasteiger partial charge on any atom is -0.306 e. The average Bonchev–Trinajstić information content (AvgIpc) is 4.22. The Morgan fingerprint density at radius 1 is 0.181 bits per heavy atom. The van der Waals surface area contributed by atoms with E-state index in [-0.39, 0.29) is 0 Å². The van der Waals surface area contributed by atoms with E-state index in [4.69, 9.17) is 0 Å². The van der Waals surface area contributed by atoms with Gasteiger partial charge in [0.05, 0.1) is 0 Å². The lowest BCUT2D eigenvalue weighted by Crippen LogP contribution is -2.52. The molecule has 12 unspecified atom stereocenters. The second-order valence-electron chi connectivity index (χ2n) is 27.4. The van der Waals surface area contributed by atoms with Gasteiger partial charge in [-0.2, -0.15) is 0 Å². The molecule has 14 aliphatic heterocycles. The van der Waals surface area contributed by atoms with Crippen LogP contribution in [0.3, 0.4) is 0 Å². The monoisotopic (exact) mass is 1010 g/mol. The van der Waals surface area contributed by atoms with Gasteiger partial charge in [0.25, 0.3) is 0 Å². The molecule has 0 aromatic rings. The van der Waals surface area contributed by atoms with E-state index in [2.05, 4.69) is 167 Å². The van der Waals surface area contributed by atoms with E-state index in [1.807, 2.05) is 0 Å². The fourth-order valence-corrected chi connectivity index (χ4v) is 17.2. The largest absolute Gasteiger partial charge is 0.306 e. The number of hydrogen-bond donors (Lipinski definition) is 0. The van der Waals surface area contributed by atoms with Crippen LogP contribution in [0.2, 0.25) is 0 Å². The zero-order valence-electron chi connectivity index (χ0n) is 49.6. The van der Waals surface area contributed by atoms with Crippen LogP contribution in [0.5, 0.6) is 0 Å². The Bertz CT molecular complexity index is 1560. The second kappa shape index (κ2) is 26.4. The van der Waals surface area contributed by atoms with E-state index in [1.54, 1.807) is 0 Å². The second-order valence-corrected chi connectivity index (χ2v) is 27.4. The van der Waals surface area contributed by atoms with Crippen molar-refractivity contribution in [3.63, 3.8) is 0 Å². The van der Waals surface area contributed by atoms with Crippen molar-refractivity contribution in [3.05, 3.63) is 0 Å². The number of likely N-dealkylation sites (tertiary alicyclic amines) is 14. The van der Waals surface area contributed by atoms with Gasteiger partial charge >= 0.3 is 0 Å². The SMILES string of the molecule is CN1CC2CCN(C)C2C1.CN1CC2CN(C)C2C1.CN1CC2CN(C)CC2C1.CN1CCC2C(CCN2C)C1.CN1CCC2C1CCN2C.CN1CCC2CN(C)CC2C1.CN1CCCC2C1CCN2C. The summed E-state index contributed by atoms with van der Waals surface area (Å²) >= 11 is 0. The number of hydrogen-bond acceptors (Lipinski definition) is 14. The molecule has 14 saturated heterocycles. The third-order valence-electron chi connectivity index (χ3n) is 21.5. The van der Waals surface area contributed by atoms with Gasteiger partial charge in [0.2, 0.25) is 0 Å². The van der Waals surface area contributed by atoms with Crippen molar-refractivity contribution in [2.24, 2.45) is 41.4 Å². The highest BCUT2D eigenvalue weighted by Gasteiger charge is 2.43. The van der Waals surface area contributed by atoms with Gasteiger partial charge in [-0.3, -0.25) is 0 Å². The lowest BCUT2D eigenvalue weighted by atomic mass is 9.89. The van der Waals surface area contributed by atoms with Crippen molar-refractivity contribution in [1.82, 2.24) is 68.6 Å². The van der Waals surface area contributed by atoms with Crippen LogP contribution < -0.4 is 0 Å². The van der Waals surface area contributed by atoms with Gasteiger partial charge in [-0.05, 0) is 244 Å². The van der Waals surface area contributed by atoms with Crippen molar-refractivity contribution < 1.29 is 0 Å². The summed E-state index contributed by atoms with van der Waals surface area (Å²) in [5, 5.41) is 0. The van der Waals surface area contributed by atoms with Crippen LogP contribution in [0, 0.1) is 41.4 Å². The number of likely N-dealkylation sites (N-methyl/N-ethyl adjacent to an activating group) is 8. The minimum absolute atomic E-state index is 0.869. The summed E-state index contributed by atoms with van der Waals surface area (Å²) in [7, 11) is 31.4. The highest BCUT2D eigenvalue weighted by atomic mass is 15.3. The summed E-state index contributed by atoms with van der Waals surface area (Å²) in [6, 6.07) is 6.18. The third kappa shape index (κ3) is 14.8. The maximum atomic E-state index is 2.54. The Kier molecular flexibility index (Phi) is 21.1. The Hall–Kier alpha value is -0.560. The number of piperidine rings is 3. The molecule has 14 aliphatic rings. The summed E-state index contributed by atoms with van der Waals surface area (Å²) in [4.78, 5) is 34.8. The fraction of sp³-hybridized carbons (Fsp3) is 1.00. The normalized spacial score (nSPS) is 42.1. The molecular formula is C58H116N14. The fourth-order valence-electron chi connectivity index (χ4n) is 17.2. The van der Waals surface area contributed by atoms with E-state index in [1.165, 1.54) is 195 Å². The maximum Gasteiger partial charge on any atom is 0.0272 e. The van der Waals surface area contributed by atoms with Crippen LogP contribution >= 0.6 is 0 Å². The van der Waals surface area contributed by atoms with Crippen LogP contribution in [0.4, 0.5) is 0 Å². The molecule has 418 valence electrons. The lowest BCUT2D eigenvalue weighted by molar-refractivity contribution is 0.0826. The van der Waals surface area contributed by atoms with Gasteiger partial charge in [0.1, 0.15) is 0 Å². The van der Waals surface area contributed by atoms with Gasteiger partial charge in [0, 0.05) is 133 Å². The van der Waals surface area contributed by atoms with Gasteiger partial charge in [-0.1, -0.05) is 0 Å². The average molecular weight is 1010 g/mol. The molecule has 0 amide bonds. The zero-order chi connectivity index (χ0) is 51.4. The van der Waals surface area contributed by atoms with Crippen LogP contribution in [-0.4, -0.2) is 347 Å². The molecule has 0 spiro atoms. The highest BCUT2D eigenvalue weighted by molar-refractivity contribution is 4.99. The topological polar surface area (TPSA) is 45.4 Å². The lowest BCUT2D eigenvalue weighted by Gasteiger charge is -2.40. The zero-order valence-corrected chi connectivity index (χ0v) is 49.6. The number of nitrogens with zero attached hydrogens (tertiary/aromatic N) is 14. The van der Waals surface area contributed by atoms with Gasteiger partial charge < -0.3 is 68.6 Å². The van der Waals surface area contributed by atoms with Crippen LogP contribution in [0.15, 0.2) is 0 Å². The van der Waals surface area contributed by atoms with E-state index < -0.39 is 0 Å². The van der Waals surface area contributed by atoms with Crippen molar-refractivity contribution in [3.8, 4) is 0 Å². The molecule has 72 heavy (non-hydrogen) atoms. The predicted molar refractivity (Wildman–Crippen MR) is 303 cm³/mol. The summed E-state index contributed by atoms with van der Waals surface area (Å²) in [6.07, 6.45) is 12.6. The number of rotatable bonds is 0. The van der Waals surface area contributed by atoms with Gasteiger partial charge in [-0.25, -0.2) is 0 Å². The van der Waals surface area contributed by atoms with E-state index >= 15 is 0 Å². The van der Waals surface area contributed by atoms with Crippen LogP contribution in [0.25, 0.3) is 0 Å². The molecule has 14 fully saturated rings. The van der Waals surface area contributed by atoms with Gasteiger partial charge in [-0.15, -0.1) is 0 Å². The van der Waals surface area contributed by atoms with Crippen molar-refractivity contribution in [1.29, 1.82) is 0 Å². The molecule has 0 N–H and O–H groups in total. The Balaban J connectivity index is 0.000000112. The molecule has 14 heterocycles. The molecule has 0 bridgehead atoms. The first-order valence-electron chi connectivity index (χ1n) is 30.1. The quantitative estimate of drug-likeness (QED) is 0.358. The minimum atomic E-state index is 0.869. The molecule has 14 heteroatoms. The molecule has 0 saturated carbocycles. The number of fused-ring (bicyclic) bond motifs is 7. The first kappa shape index (κ1) is 57.6. The highest BCUT2D eigenvalue weighted by Crippen LogP contribution is 2.34. The maximum absolute atomic E-state index is 2.54. The standard InChI is InChI=1S/3C9H18N2.3C8H16N2.C7H14N2/c1-10-5-4-9-8(7-10)3-6-11(9)2;1-10-4-3-8-5-11(2)7-9(8)6-10;1-10-6-3-4-8-9(10)5-7-11(8)2;1-9-3-7-5-10(2)6-8(7)4-9;1-9-5-3-8-7(9)4-6-10(8)2;1-9-5-7-3-4-10(2)8(7)6-9;1-8-3-6-4-9(2)7(6)5-8/h3*8-9H,3-7H2,1-2H3;3*7-8H,3-6H2,1-2H3;6-7H,3-5H2,1-2H3. The molecule has 14 nitrogen and oxygen atoms in total. The Labute approximate surface area is 444 Å². The Morgan fingerprint density at radius 3 is 0.958 bits per heavy atom. The van der Waals surface area contributed by atoms with Crippen molar-refractivity contribution >= 4 is 0 Å². The summed E-state index contributed by atoms with van der Waals surface area (Å²) in [5.74, 6) is 6.90. The first-order chi connectivity index (χ1) is 34.4. The van der Waals surface area contributed by atoms with Crippen LogP contribution in [-0.2, 0) is 0 Å². The summed E-state index contributed by atoms with van der Waals surface area (Å²) < 4.78 is 0. The van der Waals surface area contributed by atoms with E-state index in [0.717, 1.165) is 83.7 Å². The third-order valence-corrected chi connectivity index (χ3v) is 21.5. The summed E-state index contributed by atoms with van der Waals surface area (Å²) in [6.45, 7) is 27.7. The van der Waals surface area contributed by atoms with Crippen LogP contribution in [0.1, 0.15) is 57.8 Å².